The van der Waals surface area contributed by atoms with E-state index in [1.165, 1.54) is 238 Å². The number of aliphatic hydroxyl groups excluding tert-OH is 2. The van der Waals surface area contributed by atoms with E-state index in [4.69, 9.17) is 4.74 Å². The molecule has 0 heterocycles. The number of amides is 1. The minimum atomic E-state index is -0.847. The highest BCUT2D eigenvalue weighted by Crippen LogP contribution is 2.17. The highest BCUT2D eigenvalue weighted by atomic mass is 16.5. The largest absolute Gasteiger partial charge is 0.466 e. The minimum absolute atomic E-state index is 0.00586. The molecule has 3 N–H and O–H groups in total. The smallest absolute Gasteiger partial charge is 0.305 e. The van der Waals surface area contributed by atoms with Crippen molar-refractivity contribution >= 4 is 11.9 Å². The second-order valence-electron chi connectivity index (χ2n) is 19.3. The first kappa shape index (κ1) is 60.6. The summed E-state index contributed by atoms with van der Waals surface area (Å²) in [6.07, 6.45) is 60.8. The fourth-order valence-electron chi connectivity index (χ4n) is 8.75. The Morgan fingerprint density at radius 1 is 0.435 bits per heavy atom. The Morgan fingerprint density at radius 3 is 1.10 bits per heavy atom. The van der Waals surface area contributed by atoms with Crippen molar-refractivity contribution in [2.75, 3.05) is 13.2 Å². The summed E-state index contributed by atoms with van der Waals surface area (Å²) in [5.41, 5.74) is 0. The quantitative estimate of drug-likeness (QED) is 0.0321. The molecule has 368 valence electrons. The topological polar surface area (TPSA) is 95.9 Å². The molecule has 1 amide bonds. The third kappa shape index (κ3) is 48.1. The van der Waals surface area contributed by atoms with Gasteiger partial charge < -0.3 is 20.3 Å². The van der Waals surface area contributed by atoms with E-state index in [-0.39, 0.29) is 18.5 Å². The number of nitrogens with one attached hydrogen (secondary N) is 1. The van der Waals surface area contributed by atoms with Crippen molar-refractivity contribution < 1.29 is 24.5 Å². The zero-order chi connectivity index (χ0) is 45.1. The van der Waals surface area contributed by atoms with Crippen molar-refractivity contribution in [3.63, 3.8) is 0 Å². The SMILES string of the molecule is CCCCCCCCCCCCC/C=C/C(O)C(CO)NC(=O)CCCCCCCCCCCCCCCCCCOC(=O)CCCCCCCCCCCCCCCCCC. The lowest BCUT2D eigenvalue weighted by molar-refractivity contribution is -0.143. The van der Waals surface area contributed by atoms with Gasteiger partial charge >= 0.3 is 5.97 Å². The molecule has 0 aliphatic heterocycles. The van der Waals surface area contributed by atoms with Gasteiger partial charge in [-0.05, 0) is 32.1 Å². The fraction of sp³-hybridized carbons (Fsp3) is 0.929. The van der Waals surface area contributed by atoms with Gasteiger partial charge in [0.2, 0.25) is 5.91 Å². The van der Waals surface area contributed by atoms with E-state index < -0.39 is 12.1 Å². The summed E-state index contributed by atoms with van der Waals surface area (Å²) < 4.78 is 5.48. The third-order valence-electron chi connectivity index (χ3n) is 13.1. The Labute approximate surface area is 387 Å². The van der Waals surface area contributed by atoms with Crippen LogP contribution in [0.25, 0.3) is 0 Å². The van der Waals surface area contributed by atoms with Gasteiger partial charge in [0.05, 0.1) is 25.4 Å². The van der Waals surface area contributed by atoms with E-state index in [0.717, 1.165) is 44.9 Å². The summed E-state index contributed by atoms with van der Waals surface area (Å²) in [7, 11) is 0. The average Bonchev–Trinajstić information content (AvgIpc) is 3.27. The van der Waals surface area contributed by atoms with Gasteiger partial charge in [-0.25, -0.2) is 0 Å². The highest BCUT2D eigenvalue weighted by molar-refractivity contribution is 5.76. The number of esters is 1. The van der Waals surface area contributed by atoms with Gasteiger partial charge in [0, 0.05) is 12.8 Å². The van der Waals surface area contributed by atoms with E-state index >= 15 is 0 Å². The fourth-order valence-corrected chi connectivity index (χ4v) is 8.75. The van der Waals surface area contributed by atoms with E-state index in [1.54, 1.807) is 6.08 Å². The van der Waals surface area contributed by atoms with Crippen LogP contribution in [-0.4, -0.2) is 47.4 Å². The molecule has 0 aromatic carbocycles. The van der Waals surface area contributed by atoms with Crippen molar-refractivity contribution in [2.45, 2.75) is 321 Å². The number of ether oxygens (including phenoxy) is 1. The monoisotopic (exact) mass is 876 g/mol. The molecule has 0 saturated carbocycles. The maximum atomic E-state index is 12.4. The van der Waals surface area contributed by atoms with Gasteiger partial charge in [-0.3, -0.25) is 9.59 Å². The summed E-state index contributed by atoms with van der Waals surface area (Å²) in [5.74, 6) is -0.0679. The van der Waals surface area contributed by atoms with Crippen molar-refractivity contribution in [3.05, 3.63) is 12.2 Å². The van der Waals surface area contributed by atoms with Crippen LogP contribution in [0.1, 0.15) is 309 Å². The Balaban J connectivity index is 3.42. The van der Waals surface area contributed by atoms with Crippen LogP contribution in [0.5, 0.6) is 0 Å². The molecule has 0 aromatic heterocycles. The summed E-state index contributed by atoms with van der Waals surface area (Å²) >= 11 is 0. The van der Waals surface area contributed by atoms with Crippen LogP contribution in [0, 0.1) is 0 Å². The van der Waals surface area contributed by atoms with Crippen molar-refractivity contribution in [3.8, 4) is 0 Å². The number of hydrogen-bond acceptors (Lipinski definition) is 5. The first-order valence-electron chi connectivity index (χ1n) is 28.0. The van der Waals surface area contributed by atoms with Gasteiger partial charge in [0.1, 0.15) is 0 Å². The number of carbonyl (C=O) groups is 2. The highest BCUT2D eigenvalue weighted by Gasteiger charge is 2.18. The van der Waals surface area contributed by atoms with Gasteiger partial charge in [0.15, 0.2) is 0 Å². The molecule has 0 rings (SSSR count). The lowest BCUT2D eigenvalue weighted by atomic mass is 10.0. The second-order valence-corrected chi connectivity index (χ2v) is 19.3. The molecule has 62 heavy (non-hydrogen) atoms. The third-order valence-corrected chi connectivity index (χ3v) is 13.1. The minimum Gasteiger partial charge on any atom is -0.466 e. The van der Waals surface area contributed by atoms with Crippen LogP contribution in [0.4, 0.5) is 0 Å². The molecule has 6 nitrogen and oxygen atoms in total. The number of allylic oxidation sites excluding steroid dienone is 1. The van der Waals surface area contributed by atoms with Crippen LogP contribution in [0.2, 0.25) is 0 Å². The number of unbranched alkanes of at least 4 members (excludes halogenated alkanes) is 41. The molecule has 0 aromatic rings. The first-order chi connectivity index (χ1) is 30.5. The van der Waals surface area contributed by atoms with E-state index in [1.807, 2.05) is 6.08 Å². The zero-order valence-electron chi connectivity index (χ0n) is 41.9. The maximum absolute atomic E-state index is 12.4. The molecular formula is C56H109NO5. The van der Waals surface area contributed by atoms with Crippen molar-refractivity contribution in [2.24, 2.45) is 0 Å². The van der Waals surface area contributed by atoms with Gasteiger partial charge in [-0.2, -0.15) is 0 Å². The van der Waals surface area contributed by atoms with Crippen LogP contribution < -0.4 is 5.32 Å². The molecule has 0 aliphatic carbocycles. The molecule has 2 atom stereocenters. The predicted octanol–water partition coefficient (Wildman–Crippen LogP) is 16.9. The van der Waals surface area contributed by atoms with Crippen LogP contribution in [0.3, 0.4) is 0 Å². The Morgan fingerprint density at radius 2 is 0.742 bits per heavy atom. The molecule has 0 spiro atoms. The summed E-state index contributed by atoms with van der Waals surface area (Å²) in [6, 6.07) is -0.631. The van der Waals surface area contributed by atoms with Gasteiger partial charge in [-0.1, -0.05) is 276 Å². The summed E-state index contributed by atoms with van der Waals surface area (Å²) in [4.78, 5) is 24.5. The average molecular weight is 876 g/mol. The molecular weight excluding hydrogens is 767 g/mol. The van der Waals surface area contributed by atoms with Crippen molar-refractivity contribution in [1.82, 2.24) is 5.32 Å². The number of aliphatic hydroxyl groups is 2. The van der Waals surface area contributed by atoms with Crippen LogP contribution >= 0.6 is 0 Å². The van der Waals surface area contributed by atoms with Gasteiger partial charge in [0.25, 0.3) is 0 Å². The van der Waals surface area contributed by atoms with E-state index in [0.29, 0.717) is 19.4 Å². The van der Waals surface area contributed by atoms with Crippen LogP contribution in [-0.2, 0) is 14.3 Å². The summed E-state index contributed by atoms with van der Waals surface area (Å²) in [6.45, 7) is 4.90. The number of rotatable bonds is 52. The Kier molecular flexibility index (Phi) is 51.0. The molecule has 0 fully saturated rings. The lowest BCUT2D eigenvalue weighted by Crippen LogP contribution is -2.45. The molecule has 0 aliphatic rings. The van der Waals surface area contributed by atoms with E-state index in [9.17, 15) is 19.8 Å². The standard InChI is InChI=1S/C56H109NO5/c1-3-5-7-9-11-13-15-17-18-22-26-30-34-38-42-46-50-56(61)62-51-47-43-39-35-31-27-23-20-19-21-25-29-33-37-41-45-49-55(60)57-53(52-58)54(59)48-44-40-36-32-28-24-16-14-12-10-8-6-4-2/h44,48,53-54,58-59H,3-43,45-47,49-52H2,1-2H3,(H,57,60)/b48-44+. The second kappa shape index (κ2) is 52.2. The first-order valence-corrected chi connectivity index (χ1v) is 28.0. The lowest BCUT2D eigenvalue weighted by Gasteiger charge is -2.20. The molecule has 2 unspecified atom stereocenters. The summed E-state index contributed by atoms with van der Waals surface area (Å²) in [5, 5.41) is 23.0. The molecule has 0 bridgehead atoms. The normalized spacial score (nSPS) is 12.6. The maximum Gasteiger partial charge on any atom is 0.305 e. The zero-order valence-corrected chi connectivity index (χ0v) is 41.9. The van der Waals surface area contributed by atoms with E-state index in [2.05, 4.69) is 19.2 Å². The van der Waals surface area contributed by atoms with Crippen molar-refractivity contribution in [1.29, 1.82) is 0 Å². The van der Waals surface area contributed by atoms with Gasteiger partial charge in [-0.15, -0.1) is 0 Å². The molecule has 6 heteroatoms. The molecule has 0 saturated heterocycles. The Hall–Kier alpha value is -1.40. The number of carbonyl (C=O) groups excluding carboxylic acids is 2. The van der Waals surface area contributed by atoms with Crippen LogP contribution in [0.15, 0.2) is 12.2 Å². The Bertz CT molecular complexity index is 924. The number of hydrogen-bond donors (Lipinski definition) is 3. The molecule has 0 radical (unpaired) electrons. The predicted molar refractivity (Wildman–Crippen MR) is 269 cm³/mol.